The van der Waals surface area contributed by atoms with Crippen LogP contribution in [0.1, 0.15) is 47.9 Å². The second-order valence-electron chi connectivity index (χ2n) is 7.58. The molecule has 1 saturated heterocycles. The van der Waals surface area contributed by atoms with Crippen molar-refractivity contribution in [3.63, 3.8) is 0 Å². The largest absolute Gasteiger partial charge is 0.341 e. The molecule has 136 valence electrons. The normalized spacial score (nSPS) is 20.0. The molecule has 0 radical (unpaired) electrons. The van der Waals surface area contributed by atoms with E-state index in [4.69, 9.17) is 0 Å². The van der Waals surface area contributed by atoms with Crippen molar-refractivity contribution >= 4 is 17.5 Å². The van der Waals surface area contributed by atoms with Gasteiger partial charge in [-0.3, -0.25) is 4.79 Å². The van der Waals surface area contributed by atoms with Gasteiger partial charge < -0.3 is 9.80 Å². The zero-order valence-electron chi connectivity index (χ0n) is 15.6. The van der Waals surface area contributed by atoms with Crippen LogP contribution in [0.15, 0.2) is 30.3 Å². The molecule has 5 heteroatoms. The summed E-state index contributed by atoms with van der Waals surface area (Å²) in [6, 6.07) is 10.00. The van der Waals surface area contributed by atoms with Crippen LogP contribution >= 0.6 is 0 Å². The highest BCUT2D eigenvalue weighted by Crippen LogP contribution is 2.28. The van der Waals surface area contributed by atoms with Crippen LogP contribution in [0.2, 0.25) is 0 Å². The summed E-state index contributed by atoms with van der Waals surface area (Å²) in [6.45, 7) is 6.88. The summed E-state index contributed by atoms with van der Waals surface area (Å²) in [7, 11) is 0. The van der Waals surface area contributed by atoms with Gasteiger partial charge in [-0.2, -0.15) is 0 Å². The second-order valence-corrected chi connectivity index (χ2v) is 7.58. The van der Waals surface area contributed by atoms with Crippen LogP contribution < -0.4 is 9.80 Å². The van der Waals surface area contributed by atoms with Gasteiger partial charge in [-0.05, 0) is 56.2 Å². The number of hydrogen-bond donors (Lipinski definition) is 0. The summed E-state index contributed by atoms with van der Waals surface area (Å²) in [5, 5.41) is 0. The molecule has 2 aliphatic heterocycles. The molecule has 26 heavy (non-hydrogen) atoms. The molecule has 0 N–H and O–H groups in total. The van der Waals surface area contributed by atoms with Crippen molar-refractivity contribution in [2.24, 2.45) is 5.92 Å². The average molecular weight is 350 g/mol. The van der Waals surface area contributed by atoms with Crippen LogP contribution in [0, 0.1) is 12.8 Å². The lowest BCUT2D eigenvalue weighted by Crippen LogP contribution is -2.38. The molecule has 4 rings (SSSR count). The minimum Gasteiger partial charge on any atom is -0.341 e. The van der Waals surface area contributed by atoms with Crippen molar-refractivity contribution in [2.75, 3.05) is 29.4 Å². The topological polar surface area (TPSA) is 49.3 Å². The van der Waals surface area contributed by atoms with E-state index in [1.54, 1.807) is 0 Å². The highest BCUT2D eigenvalue weighted by molar-refractivity contribution is 6.05. The molecule has 1 unspecified atom stereocenters. The third-order valence-electron chi connectivity index (χ3n) is 5.36. The standard InChI is InChI=1S/C21H26N4O/c1-15-7-5-11-24(14-15)21-22-16(2)13-18(23-21)20(26)25-12-6-9-17-8-3-4-10-19(17)25/h3-4,8,10,13,15H,5-7,9,11-12,14H2,1-2H3. The molecule has 1 amide bonds. The van der Waals surface area contributed by atoms with E-state index >= 15 is 0 Å². The van der Waals surface area contributed by atoms with Gasteiger partial charge in [0.15, 0.2) is 0 Å². The average Bonchev–Trinajstić information content (AvgIpc) is 2.66. The lowest BCUT2D eigenvalue weighted by Gasteiger charge is -2.32. The fourth-order valence-electron chi connectivity index (χ4n) is 4.06. The van der Waals surface area contributed by atoms with Crippen molar-refractivity contribution in [1.82, 2.24) is 9.97 Å². The smallest absolute Gasteiger partial charge is 0.277 e. The number of benzene rings is 1. The molecule has 2 aromatic rings. The summed E-state index contributed by atoms with van der Waals surface area (Å²) in [6.07, 6.45) is 4.42. The third-order valence-corrected chi connectivity index (χ3v) is 5.36. The highest BCUT2D eigenvalue weighted by atomic mass is 16.2. The van der Waals surface area contributed by atoms with Gasteiger partial charge in [0, 0.05) is 31.0 Å². The molecule has 1 aromatic carbocycles. The van der Waals surface area contributed by atoms with Gasteiger partial charge >= 0.3 is 0 Å². The van der Waals surface area contributed by atoms with Crippen molar-refractivity contribution < 1.29 is 4.79 Å². The van der Waals surface area contributed by atoms with E-state index in [-0.39, 0.29) is 5.91 Å². The van der Waals surface area contributed by atoms with Crippen molar-refractivity contribution in [2.45, 2.75) is 39.5 Å². The molecule has 2 aliphatic rings. The SMILES string of the molecule is Cc1cc(C(=O)N2CCCc3ccccc32)nc(N2CCCC(C)C2)n1. The summed E-state index contributed by atoms with van der Waals surface area (Å²) in [5.74, 6) is 1.32. The highest BCUT2D eigenvalue weighted by Gasteiger charge is 2.26. The van der Waals surface area contributed by atoms with Gasteiger partial charge in [-0.25, -0.2) is 9.97 Å². The Balaban J connectivity index is 1.65. The molecule has 0 spiro atoms. The molecule has 3 heterocycles. The Labute approximate surface area is 155 Å². The molecule has 1 aromatic heterocycles. The first-order valence-corrected chi connectivity index (χ1v) is 9.62. The van der Waals surface area contributed by atoms with Crippen LogP contribution in [0.3, 0.4) is 0 Å². The molecule has 5 nitrogen and oxygen atoms in total. The fourth-order valence-corrected chi connectivity index (χ4v) is 4.06. The minimum atomic E-state index is -0.0195. The number of rotatable bonds is 2. The number of piperidine rings is 1. The number of aryl methyl sites for hydroxylation is 2. The van der Waals surface area contributed by atoms with Gasteiger partial charge in [0.2, 0.25) is 5.95 Å². The molecule has 0 bridgehead atoms. The Kier molecular flexibility index (Phi) is 4.62. The Bertz CT molecular complexity index is 819. The maximum absolute atomic E-state index is 13.2. The van der Waals surface area contributed by atoms with E-state index in [9.17, 15) is 4.79 Å². The predicted molar refractivity (Wildman–Crippen MR) is 104 cm³/mol. The lowest BCUT2D eigenvalue weighted by molar-refractivity contribution is 0.0980. The zero-order valence-corrected chi connectivity index (χ0v) is 15.6. The van der Waals surface area contributed by atoms with Crippen LogP contribution in [0.25, 0.3) is 0 Å². The number of anilines is 2. The Morgan fingerprint density at radius 3 is 2.85 bits per heavy atom. The van der Waals surface area contributed by atoms with Crippen LogP contribution in [-0.4, -0.2) is 35.5 Å². The number of aromatic nitrogens is 2. The molecule has 1 atom stereocenters. The maximum atomic E-state index is 13.2. The zero-order chi connectivity index (χ0) is 18.1. The number of nitrogens with zero attached hydrogens (tertiary/aromatic N) is 4. The number of amides is 1. The Hall–Kier alpha value is -2.43. The van der Waals surface area contributed by atoms with E-state index < -0.39 is 0 Å². The minimum absolute atomic E-state index is 0.0195. The van der Waals surface area contributed by atoms with E-state index in [1.807, 2.05) is 36.1 Å². The van der Waals surface area contributed by atoms with E-state index in [2.05, 4.69) is 27.9 Å². The molecule has 0 saturated carbocycles. The first kappa shape index (κ1) is 17.0. The number of carbonyl (C=O) groups excluding carboxylic acids is 1. The number of hydrogen-bond acceptors (Lipinski definition) is 4. The molecular formula is C21H26N4O. The lowest BCUT2D eigenvalue weighted by atomic mass is 10.0. The second kappa shape index (κ2) is 7.06. The number of para-hydroxylation sites is 1. The van der Waals surface area contributed by atoms with Gasteiger partial charge in [0.25, 0.3) is 5.91 Å². The summed E-state index contributed by atoms with van der Waals surface area (Å²) < 4.78 is 0. The predicted octanol–water partition coefficient (Wildman–Crippen LogP) is 3.61. The first-order chi connectivity index (χ1) is 12.6. The van der Waals surface area contributed by atoms with Crippen LogP contribution in [0.4, 0.5) is 11.6 Å². The third kappa shape index (κ3) is 3.30. The van der Waals surface area contributed by atoms with Crippen LogP contribution in [-0.2, 0) is 6.42 Å². The van der Waals surface area contributed by atoms with E-state index in [0.29, 0.717) is 17.6 Å². The quantitative estimate of drug-likeness (QED) is 0.830. The van der Waals surface area contributed by atoms with Gasteiger partial charge in [-0.15, -0.1) is 0 Å². The monoisotopic (exact) mass is 350 g/mol. The van der Waals surface area contributed by atoms with Crippen LogP contribution in [0.5, 0.6) is 0 Å². The fraction of sp³-hybridized carbons (Fsp3) is 0.476. The van der Waals surface area contributed by atoms with Gasteiger partial charge in [0.1, 0.15) is 5.69 Å². The van der Waals surface area contributed by atoms with Crippen molar-refractivity contribution in [3.8, 4) is 0 Å². The summed E-state index contributed by atoms with van der Waals surface area (Å²) >= 11 is 0. The number of carbonyl (C=O) groups is 1. The molecule has 1 fully saturated rings. The van der Waals surface area contributed by atoms with Gasteiger partial charge in [0.05, 0.1) is 0 Å². The number of fused-ring (bicyclic) bond motifs is 1. The van der Waals surface area contributed by atoms with E-state index in [0.717, 1.165) is 50.3 Å². The van der Waals surface area contributed by atoms with Crippen molar-refractivity contribution in [3.05, 3.63) is 47.3 Å². The van der Waals surface area contributed by atoms with E-state index in [1.165, 1.54) is 12.0 Å². The molecule has 0 aliphatic carbocycles. The Morgan fingerprint density at radius 2 is 2.00 bits per heavy atom. The first-order valence-electron chi connectivity index (χ1n) is 9.62. The summed E-state index contributed by atoms with van der Waals surface area (Å²) in [5.41, 5.74) is 3.61. The molecular weight excluding hydrogens is 324 g/mol. The maximum Gasteiger partial charge on any atom is 0.277 e. The summed E-state index contributed by atoms with van der Waals surface area (Å²) in [4.78, 5) is 26.6. The van der Waals surface area contributed by atoms with Crippen molar-refractivity contribution in [1.29, 1.82) is 0 Å². The Morgan fingerprint density at radius 1 is 1.15 bits per heavy atom. The van der Waals surface area contributed by atoms with Gasteiger partial charge in [-0.1, -0.05) is 25.1 Å².